The lowest BCUT2D eigenvalue weighted by Crippen LogP contribution is -2.60. The maximum atomic E-state index is 14.2. The SMILES string of the molecule is CC(C)C[C@H](NC(=O)[C@H](C)NC(=O)[C@@H]1CCCN1C(=O)[C@H](CCCN=C(N)N)NC(=O)[C@H](CC(N)=O)NC(=O)[C@H](CC(=O)O)NC(=O)[C@@H]1CCCN1C(=O)[C@H](C)NC(=O)[C@@H](N)CO)C(=O)O. The van der Waals surface area contributed by atoms with Crippen molar-refractivity contribution < 1.29 is 68.1 Å². The minimum atomic E-state index is -1.88. The Morgan fingerprint density at radius 3 is 1.65 bits per heavy atom. The molecule has 2 rings (SSSR count). The Bertz CT molecular complexity index is 1840. The van der Waals surface area contributed by atoms with Crippen LogP contribution in [0.3, 0.4) is 0 Å². The van der Waals surface area contributed by atoms with E-state index in [0.29, 0.717) is 12.8 Å². The number of aliphatic hydroxyl groups excluding tert-OH is 1. The standard InChI is InChI=1S/C39H65N13O14/c1-18(2)14-25(38(65)66)50-30(57)19(3)45-34(61)26-9-7-13-52(26)37(64)22(8-5-11-44-39(42)43)47-32(59)23(15-28(41)54)48-33(60)24(16-29(55)56)49-35(62)27-10-6-12-51(27)36(63)20(4)46-31(58)21(40)17-53/h18-27,53H,5-17,40H2,1-4H3,(H2,41,54)(H,45,61)(H,46,58)(H,47,59)(H,48,60)(H,49,62)(H,50,57)(H,55,56)(H,65,66)(H4,42,43,44)/t19-,20-,21-,22-,23-,24-,25-,26-,27-/m0/s1. The number of carbonyl (C=O) groups excluding carboxylic acids is 9. The van der Waals surface area contributed by atoms with E-state index in [1.165, 1.54) is 18.7 Å². The average Bonchev–Trinajstić information content (AvgIpc) is 3.93. The normalized spacial score (nSPS) is 18.8. The molecule has 0 unspecified atom stereocenters. The summed E-state index contributed by atoms with van der Waals surface area (Å²) in [5, 5.41) is 42.5. The molecule has 0 spiro atoms. The first-order valence-corrected chi connectivity index (χ1v) is 21.5. The molecular weight excluding hydrogens is 875 g/mol. The number of nitrogens with two attached hydrogens (primary N) is 4. The predicted molar refractivity (Wildman–Crippen MR) is 231 cm³/mol. The van der Waals surface area contributed by atoms with Gasteiger partial charge in [0.05, 0.1) is 19.4 Å². The predicted octanol–water partition coefficient (Wildman–Crippen LogP) is -6.23. The zero-order valence-electron chi connectivity index (χ0n) is 37.4. The number of aliphatic hydroxyl groups is 1. The van der Waals surface area contributed by atoms with Crippen LogP contribution in [0.15, 0.2) is 4.99 Å². The molecule has 0 radical (unpaired) electrons. The van der Waals surface area contributed by atoms with Gasteiger partial charge in [-0.25, -0.2) is 4.79 Å². The molecule has 9 atom stereocenters. The maximum Gasteiger partial charge on any atom is 0.326 e. The topological polar surface area (TPSA) is 444 Å². The van der Waals surface area contributed by atoms with Crippen molar-refractivity contribution in [3.63, 3.8) is 0 Å². The van der Waals surface area contributed by atoms with E-state index in [0.717, 1.165) is 4.90 Å². The molecule has 27 heteroatoms. The van der Waals surface area contributed by atoms with E-state index in [4.69, 9.17) is 28.0 Å². The lowest BCUT2D eigenvalue weighted by molar-refractivity contribution is -0.144. The van der Waals surface area contributed by atoms with Crippen molar-refractivity contribution in [1.29, 1.82) is 0 Å². The molecule has 0 aromatic rings. The van der Waals surface area contributed by atoms with Crippen LogP contribution in [0.2, 0.25) is 0 Å². The van der Waals surface area contributed by atoms with Crippen molar-refractivity contribution in [2.45, 2.75) is 140 Å². The van der Waals surface area contributed by atoms with Crippen molar-refractivity contribution in [1.82, 2.24) is 41.7 Å². The molecule has 66 heavy (non-hydrogen) atoms. The molecular formula is C39H65N13O14. The number of primary amides is 1. The fourth-order valence-corrected chi connectivity index (χ4v) is 7.25. The van der Waals surface area contributed by atoms with Gasteiger partial charge in [-0.2, -0.15) is 0 Å². The number of aliphatic imine (C=N–C) groups is 1. The molecule has 2 aliphatic heterocycles. The van der Waals surface area contributed by atoms with Crippen LogP contribution in [0.1, 0.15) is 85.5 Å². The van der Waals surface area contributed by atoms with Crippen molar-refractivity contribution in [3.05, 3.63) is 0 Å². The smallest absolute Gasteiger partial charge is 0.326 e. The van der Waals surface area contributed by atoms with Crippen LogP contribution < -0.4 is 54.8 Å². The third-order valence-corrected chi connectivity index (χ3v) is 10.6. The molecule has 0 aromatic heterocycles. The summed E-state index contributed by atoms with van der Waals surface area (Å²) in [6, 6.07) is -12.5. The number of carbonyl (C=O) groups is 11. The van der Waals surface area contributed by atoms with Crippen LogP contribution >= 0.6 is 0 Å². The molecule has 0 saturated carbocycles. The second kappa shape index (κ2) is 26.4. The fourth-order valence-electron chi connectivity index (χ4n) is 7.25. The molecule has 2 heterocycles. The lowest BCUT2D eigenvalue weighted by atomic mass is 10.0. The number of nitrogens with zero attached hydrogens (tertiary/aromatic N) is 3. The first-order valence-electron chi connectivity index (χ1n) is 21.5. The van der Waals surface area contributed by atoms with Gasteiger partial charge in [0.15, 0.2) is 5.96 Å². The Morgan fingerprint density at radius 1 is 0.636 bits per heavy atom. The first kappa shape index (κ1) is 55.5. The van der Waals surface area contributed by atoms with Gasteiger partial charge in [-0.05, 0) is 64.7 Å². The molecule has 2 saturated heterocycles. The molecule has 370 valence electrons. The van der Waals surface area contributed by atoms with E-state index in [9.17, 15) is 63.0 Å². The van der Waals surface area contributed by atoms with Crippen LogP contribution in [0.5, 0.6) is 0 Å². The summed E-state index contributed by atoms with van der Waals surface area (Å²) >= 11 is 0. The number of nitrogens with one attached hydrogen (secondary N) is 6. The summed E-state index contributed by atoms with van der Waals surface area (Å²) in [6.45, 7) is 5.58. The highest BCUT2D eigenvalue weighted by Crippen LogP contribution is 2.21. The largest absolute Gasteiger partial charge is 0.481 e. The number of aliphatic carboxylic acids is 2. The summed E-state index contributed by atoms with van der Waals surface area (Å²) in [6.07, 6.45) is -0.976. The molecule has 27 nitrogen and oxygen atoms in total. The maximum absolute atomic E-state index is 14.2. The van der Waals surface area contributed by atoms with Gasteiger partial charge in [-0.3, -0.25) is 52.9 Å². The highest BCUT2D eigenvalue weighted by Gasteiger charge is 2.41. The monoisotopic (exact) mass is 939 g/mol. The van der Waals surface area contributed by atoms with Crippen LogP contribution in [0.4, 0.5) is 0 Å². The van der Waals surface area contributed by atoms with Crippen LogP contribution in [-0.2, 0) is 52.7 Å². The number of rotatable bonds is 26. The zero-order valence-corrected chi connectivity index (χ0v) is 37.4. The molecule has 0 aliphatic carbocycles. The van der Waals surface area contributed by atoms with Gasteiger partial charge < -0.3 is 80.0 Å². The van der Waals surface area contributed by atoms with Crippen LogP contribution in [-0.4, -0.2) is 177 Å². The lowest BCUT2D eigenvalue weighted by Gasteiger charge is -2.31. The van der Waals surface area contributed by atoms with Gasteiger partial charge in [0.1, 0.15) is 54.4 Å². The second-order valence-corrected chi connectivity index (χ2v) is 16.6. The number of guanidine groups is 1. The Labute approximate surface area is 380 Å². The molecule has 17 N–H and O–H groups in total. The van der Waals surface area contributed by atoms with Crippen molar-refractivity contribution in [3.8, 4) is 0 Å². The van der Waals surface area contributed by atoms with Crippen molar-refractivity contribution in [2.75, 3.05) is 26.2 Å². The van der Waals surface area contributed by atoms with E-state index in [2.05, 4.69) is 36.9 Å². The van der Waals surface area contributed by atoms with E-state index in [1.807, 2.05) is 0 Å². The minimum absolute atomic E-state index is 0.0138. The highest BCUT2D eigenvalue weighted by atomic mass is 16.4. The van der Waals surface area contributed by atoms with Gasteiger partial charge >= 0.3 is 11.9 Å². The molecule has 2 fully saturated rings. The summed E-state index contributed by atoms with van der Waals surface area (Å²) in [5.41, 5.74) is 21.8. The average molecular weight is 940 g/mol. The summed E-state index contributed by atoms with van der Waals surface area (Å²) in [7, 11) is 0. The van der Waals surface area contributed by atoms with Gasteiger partial charge in [-0.15, -0.1) is 0 Å². The van der Waals surface area contributed by atoms with E-state index < -0.39 is 139 Å². The zero-order chi connectivity index (χ0) is 50.0. The summed E-state index contributed by atoms with van der Waals surface area (Å²) in [5.74, 6) is -11.5. The fraction of sp³-hybridized carbons (Fsp3) is 0.692. The summed E-state index contributed by atoms with van der Waals surface area (Å²) in [4.78, 5) is 149. The Hall–Kier alpha value is -6.64. The number of likely N-dealkylation sites (tertiary alicyclic amines) is 2. The van der Waals surface area contributed by atoms with Gasteiger partial charge in [-0.1, -0.05) is 13.8 Å². The number of hydrogen-bond acceptors (Lipinski definition) is 14. The Balaban J connectivity index is 2.31. The quantitative estimate of drug-likeness (QED) is 0.0218. The highest BCUT2D eigenvalue weighted by molar-refractivity contribution is 6.00. The number of carboxylic acid groups (broad SMARTS) is 2. The van der Waals surface area contributed by atoms with Crippen LogP contribution in [0.25, 0.3) is 0 Å². The van der Waals surface area contributed by atoms with E-state index >= 15 is 0 Å². The first-order chi connectivity index (χ1) is 30.9. The number of amides is 9. The van der Waals surface area contributed by atoms with E-state index in [-0.39, 0.29) is 63.6 Å². The third-order valence-electron chi connectivity index (χ3n) is 10.6. The molecule has 2 aliphatic rings. The number of carboxylic acids is 2. The van der Waals surface area contributed by atoms with E-state index in [1.54, 1.807) is 13.8 Å². The minimum Gasteiger partial charge on any atom is -0.481 e. The van der Waals surface area contributed by atoms with Crippen molar-refractivity contribution in [2.24, 2.45) is 33.8 Å². The molecule has 9 amide bonds. The Morgan fingerprint density at radius 2 is 1.15 bits per heavy atom. The van der Waals surface area contributed by atoms with Gasteiger partial charge in [0, 0.05) is 19.6 Å². The van der Waals surface area contributed by atoms with Gasteiger partial charge in [0.25, 0.3) is 0 Å². The van der Waals surface area contributed by atoms with Crippen molar-refractivity contribution >= 4 is 71.1 Å². The Kier molecular flexibility index (Phi) is 22.2. The van der Waals surface area contributed by atoms with Gasteiger partial charge in [0.2, 0.25) is 53.2 Å². The second-order valence-electron chi connectivity index (χ2n) is 16.6. The third kappa shape index (κ3) is 17.4. The van der Waals surface area contributed by atoms with Crippen LogP contribution in [0, 0.1) is 5.92 Å². The molecule has 0 aromatic carbocycles. The molecule has 0 bridgehead atoms. The summed E-state index contributed by atoms with van der Waals surface area (Å²) < 4.78 is 0. The number of hydrogen-bond donors (Lipinski definition) is 13.